The number of nitro groups is 1. The summed E-state index contributed by atoms with van der Waals surface area (Å²) >= 11 is 1.17. The summed E-state index contributed by atoms with van der Waals surface area (Å²) in [4.78, 5) is 27.8. The summed E-state index contributed by atoms with van der Waals surface area (Å²) in [5.74, 6) is -0.530. The number of aromatic nitrogens is 1. The molecule has 1 fully saturated rings. The lowest BCUT2D eigenvalue weighted by atomic mass is 10.1. The van der Waals surface area contributed by atoms with Gasteiger partial charge in [0.2, 0.25) is 0 Å². The zero-order chi connectivity index (χ0) is 20.6. The number of benzene rings is 1. The zero-order valence-electron chi connectivity index (χ0n) is 15.4. The highest BCUT2D eigenvalue weighted by atomic mass is 32.2. The van der Waals surface area contributed by atoms with E-state index in [1.807, 2.05) is 6.07 Å². The Kier molecular flexibility index (Phi) is 6.94. The van der Waals surface area contributed by atoms with Crippen molar-refractivity contribution < 1.29 is 14.5 Å². The molecule has 1 saturated heterocycles. The lowest BCUT2D eigenvalue weighted by Crippen LogP contribution is -2.32. The minimum absolute atomic E-state index is 0.0390. The van der Waals surface area contributed by atoms with Gasteiger partial charge in [-0.05, 0) is 42.7 Å². The molecule has 1 aliphatic heterocycles. The molecule has 148 valence electrons. The van der Waals surface area contributed by atoms with Gasteiger partial charge >= 0.3 is 0 Å². The van der Waals surface area contributed by atoms with E-state index in [4.69, 9.17) is 4.74 Å². The van der Waals surface area contributed by atoms with Crippen LogP contribution in [0.1, 0.15) is 18.4 Å². The number of nitrogens with one attached hydrogen (secondary N) is 1. The van der Waals surface area contributed by atoms with Gasteiger partial charge in [-0.15, -0.1) is 0 Å². The summed E-state index contributed by atoms with van der Waals surface area (Å²) in [6.45, 7) is 1.01. The second kappa shape index (κ2) is 9.82. The van der Waals surface area contributed by atoms with Gasteiger partial charge in [0.1, 0.15) is 16.7 Å². The molecule has 29 heavy (non-hydrogen) atoms. The van der Waals surface area contributed by atoms with E-state index in [0.717, 1.165) is 12.8 Å². The number of nitrogens with zero attached hydrogens (tertiary/aromatic N) is 3. The van der Waals surface area contributed by atoms with Crippen LogP contribution in [0.5, 0.6) is 0 Å². The summed E-state index contributed by atoms with van der Waals surface area (Å²) in [6.07, 6.45) is 4.73. The maximum atomic E-state index is 12.3. The van der Waals surface area contributed by atoms with Gasteiger partial charge < -0.3 is 10.1 Å². The molecule has 0 unspecified atom stereocenters. The van der Waals surface area contributed by atoms with E-state index in [1.54, 1.807) is 36.5 Å². The Labute approximate surface area is 171 Å². The standard InChI is InChI=1S/C20H18N4O4S/c21-12-15(20(25)23-13-16-4-3-9-28-16)10-14-6-7-18(17(11-14)24(26)27)29-19-5-1-2-8-22-19/h1-2,5-8,10-11,16H,3-4,9,13H2,(H,23,25)/b15-10+/t16-/m0/s1. The molecule has 1 N–H and O–H groups in total. The van der Waals surface area contributed by atoms with Crippen LogP contribution >= 0.6 is 11.8 Å². The minimum Gasteiger partial charge on any atom is -0.376 e. The molecule has 0 radical (unpaired) electrons. The summed E-state index contributed by atoms with van der Waals surface area (Å²) in [7, 11) is 0. The van der Waals surface area contributed by atoms with Crippen molar-refractivity contribution in [2.24, 2.45) is 0 Å². The highest BCUT2D eigenvalue weighted by Gasteiger charge is 2.19. The van der Waals surface area contributed by atoms with Gasteiger partial charge in [-0.3, -0.25) is 14.9 Å². The zero-order valence-corrected chi connectivity index (χ0v) is 16.2. The topological polar surface area (TPSA) is 118 Å². The van der Waals surface area contributed by atoms with E-state index in [9.17, 15) is 20.2 Å². The van der Waals surface area contributed by atoms with Gasteiger partial charge in [-0.25, -0.2) is 4.98 Å². The fourth-order valence-corrected chi connectivity index (χ4v) is 3.66. The van der Waals surface area contributed by atoms with E-state index in [1.165, 1.54) is 23.9 Å². The Hall–Kier alpha value is -3.22. The van der Waals surface area contributed by atoms with Crippen molar-refractivity contribution in [2.75, 3.05) is 13.2 Å². The van der Waals surface area contributed by atoms with Crippen LogP contribution in [0.15, 0.2) is 58.1 Å². The predicted octanol–water partition coefficient (Wildman–Crippen LogP) is 3.34. The Morgan fingerprint density at radius 3 is 2.97 bits per heavy atom. The molecule has 2 heterocycles. The van der Waals surface area contributed by atoms with Crippen molar-refractivity contribution in [3.63, 3.8) is 0 Å². The van der Waals surface area contributed by atoms with E-state index in [-0.39, 0.29) is 17.4 Å². The highest BCUT2D eigenvalue weighted by molar-refractivity contribution is 7.99. The Balaban J connectivity index is 1.77. The van der Waals surface area contributed by atoms with E-state index >= 15 is 0 Å². The number of rotatable bonds is 7. The Morgan fingerprint density at radius 1 is 1.45 bits per heavy atom. The first-order valence-electron chi connectivity index (χ1n) is 8.96. The predicted molar refractivity (Wildman–Crippen MR) is 107 cm³/mol. The molecule has 8 nitrogen and oxygen atoms in total. The summed E-state index contributed by atoms with van der Waals surface area (Å²) in [5, 5.41) is 24.1. The maximum Gasteiger partial charge on any atom is 0.283 e. The first-order valence-corrected chi connectivity index (χ1v) is 9.77. The molecule has 0 bridgehead atoms. The molecule has 1 aromatic carbocycles. The van der Waals surface area contributed by atoms with Crippen LogP contribution in [0.3, 0.4) is 0 Å². The molecule has 0 saturated carbocycles. The van der Waals surface area contributed by atoms with E-state index < -0.39 is 10.8 Å². The van der Waals surface area contributed by atoms with Gasteiger partial charge in [0.25, 0.3) is 11.6 Å². The Bertz CT molecular complexity index is 966. The average Bonchev–Trinajstić information content (AvgIpc) is 3.25. The number of amides is 1. The molecule has 1 aromatic heterocycles. The van der Waals surface area contributed by atoms with Crippen LogP contribution in [-0.4, -0.2) is 35.1 Å². The number of nitro benzene ring substituents is 1. The number of carbonyl (C=O) groups is 1. The summed E-state index contributed by atoms with van der Waals surface area (Å²) in [5.41, 5.74) is 0.153. The normalized spacial score (nSPS) is 16.2. The molecule has 3 rings (SSSR count). The summed E-state index contributed by atoms with van der Waals surface area (Å²) in [6, 6.07) is 11.7. The van der Waals surface area contributed by atoms with E-state index in [0.29, 0.717) is 28.6 Å². The molecule has 0 spiro atoms. The molecule has 9 heteroatoms. The van der Waals surface area contributed by atoms with Gasteiger partial charge in [-0.1, -0.05) is 23.9 Å². The highest BCUT2D eigenvalue weighted by Crippen LogP contribution is 2.34. The second-order valence-electron chi connectivity index (χ2n) is 6.27. The third-order valence-electron chi connectivity index (χ3n) is 4.22. The van der Waals surface area contributed by atoms with E-state index in [2.05, 4.69) is 10.3 Å². The number of ether oxygens (including phenoxy) is 1. The first kappa shape index (κ1) is 20.5. The number of hydrogen-bond donors (Lipinski definition) is 1. The first-order chi connectivity index (χ1) is 14.1. The van der Waals surface area contributed by atoms with Gasteiger partial charge in [0, 0.05) is 25.4 Å². The van der Waals surface area contributed by atoms with Crippen molar-refractivity contribution in [2.45, 2.75) is 28.9 Å². The van der Waals surface area contributed by atoms with Crippen molar-refractivity contribution in [1.82, 2.24) is 10.3 Å². The fraction of sp³-hybridized carbons (Fsp3) is 0.250. The number of carbonyl (C=O) groups excluding carboxylic acids is 1. The van der Waals surface area contributed by atoms with Crippen molar-refractivity contribution >= 4 is 29.4 Å². The molecule has 1 aliphatic rings. The SMILES string of the molecule is N#C/C(=C\c1ccc(Sc2ccccn2)c([N+](=O)[O-])c1)C(=O)NC[C@@H]1CCCO1. The molecular formula is C20H18N4O4S. The maximum absolute atomic E-state index is 12.3. The lowest BCUT2D eigenvalue weighted by molar-refractivity contribution is -0.387. The fourth-order valence-electron chi connectivity index (χ4n) is 2.80. The van der Waals surface area contributed by atoms with Crippen LogP contribution in [0.2, 0.25) is 0 Å². The minimum atomic E-state index is -0.530. The van der Waals surface area contributed by atoms with Gasteiger partial charge in [0.15, 0.2) is 0 Å². The smallest absolute Gasteiger partial charge is 0.283 e. The average molecular weight is 410 g/mol. The Morgan fingerprint density at radius 2 is 2.31 bits per heavy atom. The molecular weight excluding hydrogens is 392 g/mol. The monoisotopic (exact) mass is 410 g/mol. The molecule has 1 atom stereocenters. The second-order valence-corrected chi connectivity index (χ2v) is 7.33. The van der Waals surface area contributed by atoms with Gasteiger partial charge in [-0.2, -0.15) is 5.26 Å². The number of pyridine rings is 1. The van der Waals surface area contributed by atoms with Crippen LogP contribution in [0, 0.1) is 21.4 Å². The third-order valence-corrected chi connectivity index (χ3v) is 5.24. The number of nitriles is 1. The van der Waals surface area contributed by atoms with Crippen LogP contribution in [0.25, 0.3) is 6.08 Å². The van der Waals surface area contributed by atoms with Crippen LogP contribution < -0.4 is 5.32 Å². The number of hydrogen-bond acceptors (Lipinski definition) is 7. The van der Waals surface area contributed by atoms with Crippen molar-refractivity contribution in [3.05, 3.63) is 63.8 Å². The molecule has 2 aromatic rings. The van der Waals surface area contributed by atoms with Crippen molar-refractivity contribution in [1.29, 1.82) is 5.26 Å². The molecule has 1 amide bonds. The van der Waals surface area contributed by atoms with Crippen LogP contribution in [-0.2, 0) is 9.53 Å². The van der Waals surface area contributed by atoms with Crippen LogP contribution in [0.4, 0.5) is 5.69 Å². The lowest BCUT2D eigenvalue weighted by Gasteiger charge is -2.10. The quantitative estimate of drug-likeness (QED) is 0.322. The summed E-state index contributed by atoms with van der Waals surface area (Å²) < 4.78 is 5.44. The largest absolute Gasteiger partial charge is 0.376 e. The molecule has 0 aliphatic carbocycles. The van der Waals surface area contributed by atoms with Gasteiger partial charge in [0.05, 0.1) is 15.9 Å². The third kappa shape index (κ3) is 5.63. The van der Waals surface area contributed by atoms with Crippen molar-refractivity contribution in [3.8, 4) is 6.07 Å².